The fraction of sp³-hybridized carbons (Fsp3) is 0.571. The van der Waals surface area contributed by atoms with Gasteiger partial charge in [0.25, 0.3) is 0 Å². The molecule has 3 N–H and O–H groups in total. The quantitative estimate of drug-likeness (QED) is 0.866. The van der Waals surface area contributed by atoms with Crippen molar-refractivity contribution in [2.24, 2.45) is 17.6 Å². The van der Waals surface area contributed by atoms with Crippen molar-refractivity contribution in [1.29, 1.82) is 0 Å². The molecule has 1 saturated carbocycles. The second-order valence-corrected chi connectivity index (χ2v) is 7.25. The lowest BCUT2D eigenvalue weighted by atomic mass is 10.1. The molecule has 1 aliphatic carbocycles. The first-order valence-electron chi connectivity index (χ1n) is 6.80. The van der Waals surface area contributed by atoms with E-state index in [0.717, 1.165) is 24.3 Å². The van der Waals surface area contributed by atoms with Crippen LogP contribution in [0.2, 0.25) is 0 Å². The molecule has 0 spiro atoms. The maximum atomic E-state index is 12.1. The normalized spacial score (nSPS) is 23.7. The molecule has 0 bridgehead atoms. The predicted octanol–water partition coefficient (Wildman–Crippen LogP) is 1.86. The maximum absolute atomic E-state index is 12.1. The summed E-state index contributed by atoms with van der Waals surface area (Å²) in [7, 11) is -3.38. The lowest BCUT2D eigenvalue weighted by Gasteiger charge is -2.12. The summed E-state index contributed by atoms with van der Waals surface area (Å²) in [6.07, 6.45) is 3.45. The Kier molecular flexibility index (Phi) is 4.60. The van der Waals surface area contributed by atoms with Crippen LogP contribution in [0.1, 0.15) is 31.7 Å². The third-order valence-electron chi connectivity index (χ3n) is 3.83. The van der Waals surface area contributed by atoms with Gasteiger partial charge in [-0.05, 0) is 42.4 Å². The average Bonchev–Trinajstić information content (AvgIpc) is 2.82. The van der Waals surface area contributed by atoms with E-state index in [1.165, 1.54) is 6.42 Å². The number of rotatable bonds is 5. The van der Waals surface area contributed by atoms with Gasteiger partial charge in [0.1, 0.15) is 0 Å². The summed E-state index contributed by atoms with van der Waals surface area (Å²) >= 11 is 0. The van der Waals surface area contributed by atoms with E-state index >= 15 is 0 Å². The van der Waals surface area contributed by atoms with Crippen LogP contribution in [0, 0.1) is 11.8 Å². The van der Waals surface area contributed by atoms with E-state index in [1.54, 1.807) is 24.3 Å². The van der Waals surface area contributed by atoms with Crippen LogP contribution in [0.3, 0.4) is 0 Å². The number of nitrogens with one attached hydrogen (secondary N) is 1. The minimum Gasteiger partial charge on any atom is -0.326 e. The van der Waals surface area contributed by atoms with Gasteiger partial charge in [0.15, 0.2) is 0 Å². The summed E-state index contributed by atoms with van der Waals surface area (Å²) in [5.74, 6) is 1.20. The van der Waals surface area contributed by atoms with E-state index in [9.17, 15) is 8.42 Å². The highest BCUT2D eigenvalue weighted by atomic mass is 32.2. The van der Waals surface area contributed by atoms with E-state index in [0.29, 0.717) is 23.9 Å². The monoisotopic (exact) mass is 282 g/mol. The van der Waals surface area contributed by atoms with Crippen LogP contribution < -0.4 is 10.5 Å². The van der Waals surface area contributed by atoms with E-state index in [-0.39, 0.29) is 0 Å². The molecule has 0 aromatic heterocycles. The standard InChI is InChI=1S/C14H22N2O2S/c1-11-2-3-13(8-11)10-16-19(17,18)14-6-4-12(9-15)5-7-14/h4-7,11,13,16H,2-3,8-10,15H2,1H3. The zero-order chi connectivity index (χ0) is 13.9. The third kappa shape index (κ3) is 3.78. The van der Waals surface area contributed by atoms with Crippen LogP contribution in [0.5, 0.6) is 0 Å². The lowest BCUT2D eigenvalue weighted by molar-refractivity contribution is 0.498. The highest BCUT2D eigenvalue weighted by Crippen LogP contribution is 2.29. The fourth-order valence-electron chi connectivity index (χ4n) is 2.63. The topological polar surface area (TPSA) is 72.2 Å². The minimum atomic E-state index is -3.38. The first kappa shape index (κ1) is 14.5. The van der Waals surface area contributed by atoms with Crippen molar-refractivity contribution in [3.8, 4) is 0 Å². The molecule has 0 amide bonds. The Morgan fingerprint density at radius 2 is 1.95 bits per heavy atom. The first-order chi connectivity index (χ1) is 9.01. The van der Waals surface area contributed by atoms with Crippen LogP contribution in [-0.2, 0) is 16.6 Å². The SMILES string of the molecule is CC1CCC(CNS(=O)(=O)c2ccc(CN)cc2)C1. The molecular formula is C14H22N2O2S. The number of sulfonamides is 1. The number of benzene rings is 1. The Bertz CT molecular complexity index is 511. The first-order valence-corrected chi connectivity index (χ1v) is 8.28. The molecule has 1 fully saturated rings. The molecule has 0 aliphatic heterocycles. The molecule has 2 unspecified atom stereocenters. The molecule has 19 heavy (non-hydrogen) atoms. The van der Waals surface area contributed by atoms with Crippen LogP contribution in [0.25, 0.3) is 0 Å². The average molecular weight is 282 g/mol. The van der Waals surface area contributed by atoms with Crippen LogP contribution in [-0.4, -0.2) is 15.0 Å². The molecule has 2 rings (SSSR count). The fourth-order valence-corrected chi connectivity index (χ4v) is 3.74. The molecule has 5 heteroatoms. The van der Waals surface area contributed by atoms with Crippen molar-refractivity contribution in [1.82, 2.24) is 4.72 Å². The summed E-state index contributed by atoms with van der Waals surface area (Å²) in [6, 6.07) is 6.74. The van der Waals surface area contributed by atoms with Crippen LogP contribution >= 0.6 is 0 Å². The van der Waals surface area contributed by atoms with Gasteiger partial charge < -0.3 is 5.73 Å². The second kappa shape index (κ2) is 6.03. The highest BCUT2D eigenvalue weighted by Gasteiger charge is 2.23. The predicted molar refractivity (Wildman–Crippen MR) is 76.0 cm³/mol. The van der Waals surface area contributed by atoms with Crippen molar-refractivity contribution in [3.63, 3.8) is 0 Å². The highest BCUT2D eigenvalue weighted by molar-refractivity contribution is 7.89. The van der Waals surface area contributed by atoms with Crippen molar-refractivity contribution in [2.75, 3.05) is 6.54 Å². The van der Waals surface area contributed by atoms with Gasteiger partial charge in [-0.3, -0.25) is 0 Å². The van der Waals surface area contributed by atoms with Crippen LogP contribution in [0.4, 0.5) is 0 Å². The van der Waals surface area contributed by atoms with Gasteiger partial charge in [0, 0.05) is 13.1 Å². The molecule has 0 radical (unpaired) electrons. The van der Waals surface area contributed by atoms with E-state index in [2.05, 4.69) is 11.6 Å². The van der Waals surface area contributed by atoms with Crippen molar-refractivity contribution < 1.29 is 8.42 Å². The van der Waals surface area contributed by atoms with E-state index in [1.807, 2.05) is 0 Å². The van der Waals surface area contributed by atoms with Crippen molar-refractivity contribution >= 4 is 10.0 Å². The Labute approximate surface area is 115 Å². The summed E-state index contributed by atoms with van der Waals surface area (Å²) < 4.78 is 27.0. The van der Waals surface area contributed by atoms with E-state index < -0.39 is 10.0 Å². The Morgan fingerprint density at radius 3 is 2.47 bits per heavy atom. The number of nitrogens with two attached hydrogens (primary N) is 1. The number of hydrogen-bond acceptors (Lipinski definition) is 3. The Hall–Kier alpha value is -0.910. The zero-order valence-electron chi connectivity index (χ0n) is 11.3. The van der Waals surface area contributed by atoms with Gasteiger partial charge in [0.2, 0.25) is 10.0 Å². The van der Waals surface area contributed by atoms with Crippen molar-refractivity contribution in [3.05, 3.63) is 29.8 Å². The Balaban J connectivity index is 1.97. The molecule has 1 aromatic rings. The van der Waals surface area contributed by atoms with Crippen LogP contribution in [0.15, 0.2) is 29.2 Å². The minimum absolute atomic E-state index is 0.316. The zero-order valence-corrected chi connectivity index (χ0v) is 12.1. The van der Waals surface area contributed by atoms with Gasteiger partial charge in [-0.2, -0.15) is 0 Å². The molecule has 106 valence electrons. The smallest absolute Gasteiger partial charge is 0.240 e. The van der Waals surface area contributed by atoms with Gasteiger partial charge in [-0.15, -0.1) is 0 Å². The van der Waals surface area contributed by atoms with Crippen molar-refractivity contribution in [2.45, 2.75) is 37.6 Å². The van der Waals surface area contributed by atoms with Gasteiger partial charge >= 0.3 is 0 Å². The van der Waals surface area contributed by atoms with Gasteiger partial charge in [-0.1, -0.05) is 25.5 Å². The largest absolute Gasteiger partial charge is 0.326 e. The third-order valence-corrected chi connectivity index (χ3v) is 5.27. The summed E-state index contributed by atoms with van der Waals surface area (Å²) in [4.78, 5) is 0.316. The molecular weight excluding hydrogens is 260 g/mol. The van der Waals surface area contributed by atoms with Gasteiger partial charge in [0.05, 0.1) is 4.90 Å². The molecule has 2 atom stereocenters. The molecule has 0 saturated heterocycles. The Morgan fingerprint density at radius 1 is 1.26 bits per heavy atom. The molecule has 4 nitrogen and oxygen atoms in total. The summed E-state index contributed by atoms with van der Waals surface area (Å²) in [6.45, 7) is 3.19. The lowest BCUT2D eigenvalue weighted by Crippen LogP contribution is -2.28. The molecule has 0 heterocycles. The summed E-state index contributed by atoms with van der Waals surface area (Å²) in [5.41, 5.74) is 6.43. The van der Waals surface area contributed by atoms with Gasteiger partial charge in [-0.25, -0.2) is 13.1 Å². The summed E-state index contributed by atoms with van der Waals surface area (Å²) in [5, 5.41) is 0. The van der Waals surface area contributed by atoms with E-state index in [4.69, 9.17) is 5.73 Å². The second-order valence-electron chi connectivity index (χ2n) is 5.48. The molecule has 1 aliphatic rings. The maximum Gasteiger partial charge on any atom is 0.240 e. The molecule has 1 aromatic carbocycles. The number of hydrogen-bond donors (Lipinski definition) is 2.